The van der Waals surface area contributed by atoms with Gasteiger partial charge in [-0.15, -0.1) is 0 Å². The van der Waals surface area contributed by atoms with Gasteiger partial charge in [-0.1, -0.05) is 315 Å². The fraction of sp³-hybridized carbons (Fsp3) is 0.0556. The van der Waals surface area contributed by atoms with Crippen LogP contribution in [0.15, 0.2) is 479 Å². The van der Waals surface area contributed by atoms with E-state index in [1.807, 2.05) is 374 Å². The Hall–Kier alpha value is -19.3. The summed E-state index contributed by atoms with van der Waals surface area (Å²) in [4.78, 5) is 60.7. The lowest BCUT2D eigenvalue weighted by molar-refractivity contribution is 0.193. The third-order valence-corrected chi connectivity index (χ3v) is 26.0. The second-order valence-electron chi connectivity index (χ2n) is 35.3. The summed E-state index contributed by atoms with van der Waals surface area (Å²) < 4.78 is 59.5. The van der Waals surface area contributed by atoms with Crippen molar-refractivity contribution < 1.29 is 54.5 Å². The first-order valence-corrected chi connectivity index (χ1v) is 47.2. The predicted octanol–water partition coefficient (Wildman–Crippen LogP) is 29.2. The van der Waals surface area contributed by atoms with Crippen LogP contribution in [-0.2, 0) is 6.42 Å². The molecule has 0 aliphatic heterocycles. The van der Waals surface area contributed by atoms with E-state index in [4.69, 9.17) is 50.0 Å². The van der Waals surface area contributed by atoms with Crippen molar-refractivity contribution in [1.29, 1.82) is 0 Å². The first kappa shape index (κ1) is 93.0. The third kappa shape index (κ3) is 18.0. The van der Waals surface area contributed by atoms with E-state index in [2.05, 4.69) is 41.1 Å². The molecule has 1 unspecified atom stereocenters. The molecule has 0 bridgehead atoms. The van der Waals surface area contributed by atoms with Crippen molar-refractivity contribution in [3.8, 4) is 55.6 Å². The van der Waals surface area contributed by atoms with Crippen LogP contribution in [0.3, 0.4) is 0 Å². The van der Waals surface area contributed by atoms with Crippen molar-refractivity contribution in [3.05, 3.63) is 537 Å². The molecule has 0 fully saturated rings. The van der Waals surface area contributed by atoms with Gasteiger partial charge in [-0.05, 0) is 168 Å². The molecule has 25 rings (SSSR count). The second kappa shape index (κ2) is 40.1. The maximum absolute atomic E-state index is 12.2. The highest BCUT2D eigenvalue weighted by Crippen LogP contribution is 2.49. The van der Waals surface area contributed by atoms with Crippen molar-refractivity contribution in [3.63, 3.8) is 0 Å². The molecule has 25 aromatic rings. The zero-order chi connectivity index (χ0) is 100. The Labute approximate surface area is 832 Å². The van der Waals surface area contributed by atoms with E-state index >= 15 is 0 Å². The number of nitrogens with zero attached hydrogens (tertiary/aromatic N) is 2. The van der Waals surface area contributed by atoms with E-state index in [1.165, 1.54) is 35.9 Å². The van der Waals surface area contributed by atoms with Crippen LogP contribution in [0.25, 0.3) is 171 Å². The van der Waals surface area contributed by atoms with Crippen molar-refractivity contribution in [2.24, 2.45) is 16.1 Å². The first-order valence-electron chi connectivity index (χ1n) is 47.2. The van der Waals surface area contributed by atoms with Crippen LogP contribution in [0.4, 0.5) is 0 Å². The number of hydrogen-bond donors (Lipinski definition) is 3. The van der Waals surface area contributed by atoms with Gasteiger partial charge in [-0.25, -0.2) is 24.0 Å². The monoisotopic (exact) mass is 1920 g/mol. The maximum Gasteiger partial charge on any atom is 0.336 e. The Morgan fingerprint density at radius 2 is 0.548 bits per heavy atom. The molecule has 20 heteroatoms. The lowest BCUT2D eigenvalue weighted by Crippen LogP contribution is -2.06. The highest BCUT2D eigenvalue weighted by molar-refractivity contribution is 6.24. The Balaban J connectivity index is 0.000000107. The molecule has 0 saturated carbocycles. The average molecular weight is 1920 g/mol. The van der Waals surface area contributed by atoms with E-state index in [0.29, 0.717) is 113 Å². The molecule has 0 radical (unpaired) electrons. The molecule has 1 atom stereocenters. The molecular weight excluding hydrogens is 1830 g/mol. The van der Waals surface area contributed by atoms with Crippen LogP contribution in [0, 0.1) is 34.6 Å². The molecule has 10 heterocycles. The minimum absolute atomic E-state index is 0.300. The molecule has 15 aromatic carbocycles. The van der Waals surface area contributed by atoms with Gasteiger partial charge in [0, 0.05) is 108 Å². The number of aliphatic hydroxyl groups excluding tert-OH is 1. The number of fused-ring (bicyclic) bond motifs is 15. The Bertz CT molecular complexity index is 9430. The zero-order valence-corrected chi connectivity index (χ0v) is 79.5. The summed E-state index contributed by atoms with van der Waals surface area (Å²) in [6.45, 7) is 13.8. The van der Waals surface area contributed by atoms with Crippen molar-refractivity contribution in [2.45, 2.75) is 47.1 Å². The number of nitrogens with two attached hydrogens (primary N) is 1. The van der Waals surface area contributed by atoms with Crippen LogP contribution in [-0.4, -0.2) is 21.7 Å². The SMILES string of the molecule is C=C(c1ccccc1)c1oc2ccc3c(C)cc(=O)oc3c2c1-c1ccccc1.Cc1cc(=O)oc2c1ccc1oc(/C(=N/N)c3ccccc3)c(-c3ccccc3)c12.Cc1cc(=O)oc2c1ccc1oc(/C(=N/O)c3ccccc3)c(-c3ccccc3)c12.Cc1cc(=O)oc2c1ccc1oc(C(O)c3ccccc3)c(-c3ccccc3)c12.Cc1cc(=O)oc2c1ccc1oc(Cc3ccccc3)c(-c3ccccc3)c12. The van der Waals surface area contributed by atoms with E-state index < -0.39 is 23.0 Å². The van der Waals surface area contributed by atoms with Gasteiger partial charge >= 0.3 is 28.1 Å². The van der Waals surface area contributed by atoms with Crippen LogP contribution in [0.2, 0.25) is 0 Å². The number of aryl methyl sites for hydroxylation is 5. The van der Waals surface area contributed by atoms with Crippen molar-refractivity contribution in [2.75, 3.05) is 0 Å². The largest absolute Gasteiger partial charge is 0.460 e. The first-order chi connectivity index (χ1) is 71.3. The van der Waals surface area contributed by atoms with E-state index in [9.17, 15) is 34.3 Å². The summed E-state index contributed by atoms with van der Waals surface area (Å²) in [5.41, 5.74) is 22.8. The molecule has 20 nitrogen and oxygen atoms in total. The standard InChI is InChI=1S/C26H18O3.C25H18N2O3.C25H17NO4.C25H18O4.C25H18O3/c1-16-15-22(27)29-26-20(16)13-14-21-24(26)23(19-11-7-4-8-12-19)25(28-21)17(2)18-9-5-3-6-10-18;1-15-14-20(28)30-24-18(15)12-13-19-22(24)21(16-8-4-2-5-9-16)25(29-19)23(27-26)17-10-6-3-7-11-17;1-15-14-20(27)30-24-18(15)12-13-19-22(24)21(16-8-4-2-5-9-16)25(29-19)23(26-28)17-10-6-3-7-11-17;1-15-14-20(26)29-24-18(15)12-13-19-22(24)21(16-8-4-2-5-9-16)25(28-19)23(27)17-10-6-3-7-11-17;1-16-14-22(26)28-25-19(16)12-13-20-24(25)23(18-10-6-3-7-11-18)21(27-20)15-17-8-4-2-5-9-17/h3-15H,2H2,1H3;2-14H,26H2,1H3;2-14,28H,1H3;2-14,23,27H,1H3;2-14H,15H2,1H3/b;27-23+;26-23+;;. The Kier molecular flexibility index (Phi) is 25.6. The lowest BCUT2D eigenvalue weighted by atomic mass is 9.95. The molecule has 10 aromatic heterocycles. The summed E-state index contributed by atoms with van der Waals surface area (Å²) >= 11 is 0. The zero-order valence-electron chi connectivity index (χ0n) is 79.5. The highest BCUT2D eigenvalue weighted by Gasteiger charge is 2.32. The Morgan fingerprint density at radius 3 is 0.890 bits per heavy atom. The normalized spacial score (nSPS) is 11.8. The topological polar surface area (TPSA) is 308 Å². The molecule has 0 spiro atoms. The molecular formula is C126H89N3O17. The number of hydrogen-bond acceptors (Lipinski definition) is 20. The van der Waals surface area contributed by atoms with Gasteiger partial charge in [-0.3, -0.25) is 0 Å². The van der Waals surface area contributed by atoms with Gasteiger partial charge in [0.05, 0.1) is 26.9 Å². The van der Waals surface area contributed by atoms with Crippen molar-refractivity contribution >= 4 is 127 Å². The smallest absolute Gasteiger partial charge is 0.336 e. The number of hydrazone groups is 1. The molecule has 0 aliphatic carbocycles. The Morgan fingerprint density at radius 1 is 0.288 bits per heavy atom. The fourth-order valence-corrected chi connectivity index (χ4v) is 19.2. The minimum atomic E-state index is -0.953. The van der Waals surface area contributed by atoms with Gasteiger partial charge in [0.15, 0.2) is 17.2 Å². The number of aliphatic hydroxyl groups is 1. The van der Waals surface area contributed by atoms with Crippen LogP contribution in [0.5, 0.6) is 0 Å². The number of oxime groups is 1. The van der Waals surface area contributed by atoms with E-state index in [-0.39, 0.29) is 11.3 Å². The lowest BCUT2D eigenvalue weighted by Gasteiger charge is -2.11. The molecule has 146 heavy (non-hydrogen) atoms. The minimum Gasteiger partial charge on any atom is -0.460 e. The second-order valence-corrected chi connectivity index (χ2v) is 35.3. The maximum atomic E-state index is 12.2. The summed E-state index contributed by atoms with van der Waals surface area (Å²) in [6, 6.07) is 124. The summed E-state index contributed by atoms with van der Waals surface area (Å²) in [7, 11) is 0. The quantitative estimate of drug-likeness (QED) is 0.0282. The van der Waals surface area contributed by atoms with Crippen LogP contribution < -0.4 is 34.0 Å². The highest BCUT2D eigenvalue weighted by atomic mass is 16.4. The number of benzene rings is 15. The van der Waals surface area contributed by atoms with E-state index in [1.54, 1.807) is 0 Å². The molecule has 0 aliphatic rings. The summed E-state index contributed by atoms with van der Waals surface area (Å²) in [5, 5.41) is 36.7. The molecule has 0 saturated heterocycles. The van der Waals surface area contributed by atoms with Crippen LogP contribution >= 0.6 is 0 Å². The average Bonchev–Trinajstić information content (AvgIpc) is 1.57. The van der Waals surface area contributed by atoms with Gasteiger partial charge < -0.3 is 60.3 Å². The van der Waals surface area contributed by atoms with Gasteiger partial charge in [-0.2, -0.15) is 5.10 Å². The number of rotatable bonds is 15. The van der Waals surface area contributed by atoms with Crippen molar-refractivity contribution in [1.82, 2.24) is 0 Å². The van der Waals surface area contributed by atoms with E-state index in [0.717, 1.165) is 155 Å². The predicted molar refractivity (Wildman–Crippen MR) is 577 cm³/mol. The summed E-state index contributed by atoms with van der Waals surface area (Å²) in [5.74, 6) is 8.72. The fourth-order valence-electron chi connectivity index (χ4n) is 19.2. The number of furan rings is 5. The van der Waals surface area contributed by atoms with Gasteiger partial charge in [0.25, 0.3) is 0 Å². The van der Waals surface area contributed by atoms with Gasteiger partial charge in [0.1, 0.15) is 84.9 Å². The summed E-state index contributed by atoms with van der Waals surface area (Å²) in [6.07, 6.45) is -0.289. The molecule has 4 N–H and O–H groups in total. The molecule has 0 amide bonds. The molecule has 710 valence electrons. The third-order valence-electron chi connectivity index (χ3n) is 26.0. The van der Waals surface area contributed by atoms with Gasteiger partial charge in [0.2, 0.25) is 0 Å². The van der Waals surface area contributed by atoms with Crippen LogP contribution in [0.1, 0.15) is 90.5 Å².